The summed E-state index contributed by atoms with van der Waals surface area (Å²) >= 11 is 0. The number of nitrogens with one attached hydrogen (secondary N) is 1. The molecule has 1 aliphatic heterocycles. The molecule has 1 fully saturated rings. The third-order valence-electron chi connectivity index (χ3n) is 2.87. The van der Waals surface area contributed by atoms with Gasteiger partial charge in [-0.2, -0.15) is 0 Å². The first-order valence-corrected chi connectivity index (χ1v) is 5.54. The standard InChI is InChI=1S/C12H16N2O2/c15-12(16)11-7-4-8-14(11)13-9-10-5-2-1-3-6-10/h1-3,5-6,11,13H,4,7-9H2,(H,15,16)/t11-/m0/s1. The Morgan fingerprint density at radius 3 is 2.88 bits per heavy atom. The number of hydrogen-bond donors (Lipinski definition) is 2. The highest BCUT2D eigenvalue weighted by molar-refractivity contribution is 5.73. The van der Waals surface area contributed by atoms with E-state index >= 15 is 0 Å². The first-order valence-electron chi connectivity index (χ1n) is 5.54. The lowest BCUT2D eigenvalue weighted by Gasteiger charge is -2.22. The largest absolute Gasteiger partial charge is 0.480 e. The number of benzene rings is 1. The van der Waals surface area contributed by atoms with Gasteiger partial charge >= 0.3 is 5.97 Å². The third kappa shape index (κ3) is 2.59. The minimum Gasteiger partial charge on any atom is -0.480 e. The van der Waals surface area contributed by atoms with E-state index in [1.54, 1.807) is 0 Å². The molecule has 0 aromatic heterocycles. The van der Waals surface area contributed by atoms with Crippen LogP contribution < -0.4 is 5.43 Å². The molecule has 2 rings (SSSR count). The van der Waals surface area contributed by atoms with Gasteiger partial charge in [-0.05, 0) is 18.4 Å². The zero-order valence-electron chi connectivity index (χ0n) is 9.10. The average molecular weight is 220 g/mol. The normalized spacial score (nSPS) is 21.1. The summed E-state index contributed by atoms with van der Waals surface area (Å²) in [6.45, 7) is 1.49. The van der Waals surface area contributed by atoms with E-state index in [0.717, 1.165) is 19.4 Å². The highest BCUT2D eigenvalue weighted by Gasteiger charge is 2.29. The molecule has 0 bridgehead atoms. The second-order valence-electron chi connectivity index (χ2n) is 4.01. The number of hydrazine groups is 1. The summed E-state index contributed by atoms with van der Waals surface area (Å²) in [6.07, 6.45) is 1.68. The Balaban J connectivity index is 1.88. The maximum atomic E-state index is 10.9. The molecule has 0 spiro atoms. The topological polar surface area (TPSA) is 52.6 Å². The quantitative estimate of drug-likeness (QED) is 0.801. The van der Waals surface area contributed by atoms with Gasteiger partial charge < -0.3 is 5.11 Å². The molecule has 1 aromatic carbocycles. The number of carboxylic acids is 1. The minimum absolute atomic E-state index is 0.372. The highest BCUT2D eigenvalue weighted by Crippen LogP contribution is 2.15. The Kier molecular flexibility index (Phi) is 3.54. The summed E-state index contributed by atoms with van der Waals surface area (Å²) in [4.78, 5) is 10.9. The molecule has 0 unspecified atom stereocenters. The molecule has 0 radical (unpaired) electrons. The molecular weight excluding hydrogens is 204 g/mol. The average Bonchev–Trinajstić information content (AvgIpc) is 2.76. The molecule has 1 aromatic rings. The molecule has 86 valence electrons. The van der Waals surface area contributed by atoms with Gasteiger partial charge in [0.05, 0.1) is 0 Å². The van der Waals surface area contributed by atoms with E-state index in [-0.39, 0.29) is 6.04 Å². The Labute approximate surface area is 94.9 Å². The number of rotatable bonds is 4. The molecule has 0 saturated carbocycles. The fourth-order valence-electron chi connectivity index (χ4n) is 2.00. The van der Waals surface area contributed by atoms with E-state index in [0.29, 0.717) is 6.54 Å². The van der Waals surface area contributed by atoms with Gasteiger partial charge in [0.15, 0.2) is 0 Å². The lowest BCUT2D eigenvalue weighted by Crippen LogP contribution is -2.45. The van der Waals surface area contributed by atoms with Crippen LogP contribution in [0.2, 0.25) is 0 Å². The summed E-state index contributed by atoms with van der Waals surface area (Å²) in [5.41, 5.74) is 4.35. The number of nitrogens with zero attached hydrogens (tertiary/aromatic N) is 1. The maximum absolute atomic E-state index is 10.9. The van der Waals surface area contributed by atoms with Crippen molar-refractivity contribution < 1.29 is 9.90 Å². The van der Waals surface area contributed by atoms with Crippen molar-refractivity contribution in [3.63, 3.8) is 0 Å². The van der Waals surface area contributed by atoms with Crippen LogP contribution in [0.4, 0.5) is 0 Å². The summed E-state index contributed by atoms with van der Waals surface area (Å²) < 4.78 is 0. The van der Waals surface area contributed by atoms with Crippen molar-refractivity contribution in [1.82, 2.24) is 10.4 Å². The third-order valence-corrected chi connectivity index (χ3v) is 2.87. The van der Waals surface area contributed by atoms with Crippen LogP contribution in [0.5, 0.6) is 0 Å². The summed E-state index contributed by atoms with van der Waals surface area (Å²) in [6, 6.07) is 9.62. The van der Waals surface area contributed by atoms with Crippen molar-refractivity contribution in [3.05, 3.63) is 35.9 Å². The van der Waals surface area contributed by atoms with E-state index in [1.807, 2.05) is 35.3 Å². The monoisotopic (exact) mass is 220 g/mol. The van der Waals surface area contributed by atoms with Gasteiger partial charge in [0, 0.05) is 13.1 Å². The van der Waals surface area contributed by atoms with Crippen LogP contribution in [-0.4, -0.2) is 28.7 Å². The Hall–Kier alpha value is -1.39. The molecule has 16 heavy (non-hydrogen) atoms. The van der Waals surface area contributed by atoms with Crippen LogP contribution in [0.1, 0.15) is 18.4 Å². The number of carbonyl (C=O) groups is 1. The molecule has 4 heteroatoms. The second kappa shape index (κ2) is 5.09. The predicted octanol–water partition coefficient (Wildman–Crippen LogP) is 1.24. The highest BCUT2D eigenvalue weighted by atomic mass is 16.4. The fourth-order valence-corrected chi connectivity index (χ4v) is 2.00. The smallest absolute Gasteiger partial charge is 0.322 e. The minimum atomic E-state index is -0.738. The summed E-state index contributed by atoms with van der Waals surface area (Å²) in [5.74, 6) is -0.738. The van der Waals surface area contributed by atoms with Gasteiger partial charge in [0.25, 0.3) is 0 Å². The van der Waals surface area contributed by atoms with Crippen molar-refractivity contribution in [2.75, 3.05) is 6.54 Å². The van der Waals surface area contributed by atoms with Gasteiger partial charge in [-0.1, -0.05) is 30.3 Å². The lowest BCUT2D eigenvalue weighted by molar-refractivity contribution is -0.143. The van der Waals surface area contributed by atoms with E-state index in [4.69, 9.17) is 5.11 Å². The van der Waals surface area contributed by atoms with Crippen molar-refractivity contribution >= 4 is 5.97 Å². The Morgan fingerprint density at radius 1 is 1.44 bits per heavy atom. The van der Waals surface area contributed by atoms with Crippen molar-refractivity contribution in [2.24, 2.45) is 0 Å². The molecule has 1 aliphatic rings. The summed E-state index contributed by atoms with van der Waals surface area (Å²) in [7, 11) is 0. The predicted molar refractivity (Wildman–Crippen MR) is 60.6 cm³/mol. The molecule has 0 amide bonds. The SMILES string of the molecule is O=C(O)[C@@H]1CCCN1NCc1ccccc1. The Morgan fingerprint density at radius 2 is 2.19 bits per heavy atom. The van der Waals surface area contributed by atoms with Crippen molar-refractivity contribution in [2.45, 2.75) is 25.4 Å². The number of carboxylic acid groups (broad SMARTS) is 1. The van der Waals surface area contributed by atoms with E-state index in [2.05, 4.69) is 5.43 Å². The molecule has 0 aliphatic carbocycles. The molecule has 2 N–H and O–H groups in total. The number of aliphatic carboxylic acids is 1. The molecular formula is C12H16N2O2. The van der Waals surface area contributed by atoms with Gasteiger partial charge in [-0.25, -0.2) is 10.4 Å². The maximum Gasteiger partial charge on any atom is 0.322 e. The molecule has 1 saturated heterocycles. The first-order chi connectivity index (χ1) is 7.77. The van der Waals surface area contributed by atoms with Crippen molar-refractivity contribution in [3.8, 4) is 0 Å². The van der Waals surface area contributed by atoms with Crippen LogP contribution >= 0.6 is 0 Å². The lowest BCUT2D eigenvalue weighted by atomic mass is 10.2. The summed E-state index contributed by atoms with van der Waals surface area (Å²) in [5, 5.41) is 10.8. The number of hydrogen-bond acceptors (Lipinski definition) is 3. The fraction of sp³-hybridized carbons (Fsp3) is 0.417. The van der Waals surface area contributed by atoms with Gasteiger partial charge in [0.1, 0.15) is 6.04 Å². The molecule has 4 nitrogen and oxygen atoms in total. The van der Waals surface area contributed by atoms with Crippen molar-refractivity contribution in [1.29, 1.82) is 0 Å². The van der Waals surface area contributed by atoms with Crippen LogP contribution in [-0.2, 0) is 11.3 Å². The van der Waals surface area contributed by atoms with Gasteiger partial charge in [-0.15, -0.1) is 0 Å². The van der Waals surface area contributed by atoms with E-state index < -0.39 is 5.97 Å². The van der Waals surface area contributed by atoms with Crippen LogP contribution in [0, 0.1) is 0 Å². The van der Waals surface area contributed by atoms with Gasteiger partial charge in [-0.3, -0.25) is 4.79 Å². The zero-order valence-corrected chi connectivity index (χ0v) is 9.10. The van der Waals surface area contributed by atoms with Crippen LogP contribution in [0.3, 0.4) is 0 Å². The van der Waals surface area contributed by atoms with E-state index in [1.165, 1.54) is 5.56 Å². The van der Waals surface area contributed by atoms with E-state index in [9.17, 15) is 4.79 Å². The zero-order chi connectivity index (χ0) is 11.4. The second-order valence-corrected chi connectivity index (χ2v) is 4.01. The first kappa shape index (κ1) is 11.1. The van der Waals surface area contributed by atoms with Crippen LogP contribution in [0.25, 0.3) is 0 Å². The molecule has 1 heterocycles. The molecule has 1 atom stereocenters. The van der Waals surface area contributed by atoms with Gasteiger partial charge in [0.2, 0.25) is 0 Å². The van der Waals surface area contributed by atoms with Crippen LogP contribution in [0.15, 0.2) is 30.3 Å². The Bertz CT molecular complexity index is 353.